The third kappa shape index (κ3) is 7.24. The van der Waals surface area contributed by atoms with E-state index in [4.69, 9.17) is 9.47 Å². The second-order valence-corrected chi connectivity index (χ2v) is 4.48. The average molecular weight is 230 g/mol. The summed E-state index contributed by atoms with van der Waals surface area (Å²) in [5.41, 5.74) is 0. The lowest BCUT2D eigenvalue weighted by Crippen LogP contribution is -2.18. The van der Waals surface area contributed by atoms with Gasteiger partial charge in [-0.3, -0.25) is 0 Å². The Morgan fingerprint density at radius 3 is 1.94 bits per heavy atom. The van der Waals surface area contributed by atoms with Crippen LogP contribution in [0.4, 0.5) is 0 Å². The summed E-state index contributed by atoms with van der Waals surface area (Å²) in [5.74, 6) is 1.79. The van der Waals surface area contributed by atoms with E-state index in [1.54, 1.807) is 7.11 Å². The summed E-state index contributed by atoms with van der Waals surface area (Å²) in [7, 11) is 3.60. The number of hydrogen-bond donors (Lipinski definition) is 0. The molecule has 0 spiro atoms. The highest BCUT2D eigenvalue weighted by Crippen LogP contribution is 2.31. The van der Waals surface area contributed by atoms with Crippen LogP contribution < -0.4 is 0 Å². The van der Waals surface area contributed by atoms with Crippen molar-refractivity contribution in [2.24, 2.45) is 11.8 Å². The van der Waals surface area contributed by atoms with Crippen LogP contribution in [0.3, 0.4) is 0 Å². The van der Waals surface area contributed by atoms with E-state index in [1.165, 1.54) is 38.5 Å². The highest BCUT2D eigenvalue weighted by atomic mass is 16.5. The molecule has 0 unspecified atom stereocenters. The highest BCUT2D eigenvalue weighted by Gasteiger charge is 2.20. The molecule has 1 saturated carbocycles. The summed E-state index contributed by atoms with van der Waals surface area (Å²) in [6, 6.07) is 0. The molecular formula is C14H30O2. The molecule has 0 atom stereocenters. The van der Waals surface area contributed by atoms with Gasteiger partial charge < -0.3 is 9.47 Å². The second-order valence-electron chi connectivity index (χ2n) is 4.48. The number of ether oxygens (including phenoxy) is 2. The Kier molecular flexibility index (Phi) is 11.3. The minimum absolute atomic E-state index is 0.832. The highest BCUT2D eigenvalue weighted by molar-refractivity contribution is 4.72. The van der Waals surface area contributed by atoms with Gasteiger partial charge in [-0.05, 0) is 37.5 Å². The van der Waals surface area contributed by atoms with Crippen molar-refractivity contribution in [3.63, 3.8) is 0 Å². The minimum Gasteiger partial charge on any atom is -0.385 e. The first-order chi connectivity index (χ1) is 7.86. The lowest BCUT2D eigenvalue weighted by molar-refractivity contribution is 0.114. The molecule has 98 valence electrons. The van der Waals surface area contributed by atoms with Gasteiger partial charge in [0, 0.05) is 27.4 Å². The fraction of sp³-hybridized carbons (Fsp3) is 1.00. The normalized spacial score (nSPS) is 24.8. The molecule has 0 amide bonds. The van der Waals surface area contributed by atoms with Gasteiger partial charge in [0.2, 0.25) is 0 Å². The van der Waals surface area contributed by atoms with Crippen LogP contribution in [0.5, 0.6) is 0 Å². The molecule has 0 N–H and O–H groups in total. The van der Waals surface area contributed by atoms with Gasteiger partial charge in [0.25, 0.3) is 0 Å². The van der Waals surface area contributed by atoms with Crippen molar-refractivity contribution in [3.8, 4) is 0 Å². The summed E-state index contributed by atoms with van der Waals surface area (Å²) in [5, 5.41) is 0. The van der Waals surface area contributed by atoms with Gasteiger partial charge in [-0.2, -0.15) is 0 Å². The van der Waals surface area contributed by atoms with Gasteiger partial charge in [-0.1, -0.05) is 26.7 Å². The molecule has 1 rings (SSSR count). The zero-order chi connectivity index (χ0) is 12.2. The van der Waals surface area contributed by atoms with E-state index in [-0.39, 0.29) is 0 Å². The Morgan fingerprint density at radius 1 is 0.875 bits per heavy atom. The summed E-state index contributed by atoms with van der Waals surface area (Å²) in [6.07, 6.45) is 8.12. The van der Waals surface area contributed by atoms with Crippen LogP contribution in [0.25, 0.3) is 0 Å². The molecule has 16 heavy (non-hydrogen) atoms. The zero-order valence-electron chi connectivity index (χ0n) is 11.6. The molecule has 0 saturated heterocycles. The molecule has 1 fully saturated rings. The summed E-state index contributed by atoms with van der Waals surface area (Å²) in [6.45, 7) is 5.89. The Hall–Kier alpha value is -0.0800. The van der Waals surface area contributed by atoms with Gasteiger partial charge in [0.15, 0.2) is 0 Å². The van der Waals surface area contributed by atoms with E-state index in [0.29, 0.717) is 0 Å². The standard InChI is InChI=1S/C12H24O2.C2H6/c1-13-9-3-4-11-5-7-12(8-6-11)10-14-2;1-2/h11-12H,3-10H2,1-2H3;1-2H3. The van der Waals surface area contributed by atoms with Crippen molar-refractivity contribution in [1.29, 1.82) is 0 Å². The summed E-state index contributed by atoms with van der Waals surface area (Å²) < 4.78 is 10.3. The smallest absolute Gasteiger partial charge is 0.0490 e. The van der Waals surface area contributed by atoms with Crippen LogP contribution in [0.2, 0.25) is 0 Å². The number of rotatable bonds is 6. The van der Waals surface area contributed by atoms with Crippen molar-refractivity contribution >= 4 is 0 Å². The Morgan fingerprint density at radius 2 is 1.44 bits per heavy atom. The van der Waals surface area contributed by atoms with E-state index in [1.807, 2.05) is 21.0 Å². The second kappa shape index (κ2) is 11.4. The SMILES string of the molecule is CC.COCCCC1CCC(COC)CC1. The molecule has 0 aromatic rings. The largest absolute Gasteiger partial charge is 0.385 e. The van der Waals surface area contributed by atoms with Crippen LogP contribution in [0.15, 0.2) is 0 Å². The minimum atomic E-state index is 0.832. The van der Waals surface area contributed by atoms with Gasteiger partial charge in [-0.25, -0.2) is 0 Å². The topological polar surface area (TPSA) is 18.5 Å². The van der Waals surface area contributed by atoms with E-state index < -0.39 is 0 Å². The molecule has 0 bridgehead atoms. The first-order valence-electron chi connectivity index (χ1n) is 6.84. The Bertz CT molecular complexity index is 129. The maximum atomic E-state index is 5.20. The first-order valence-corrected chi connectivity index (χ1v) is 6.84. The van der Waals surface area contributed by atoms with E-state index >= 15 is 0 Å². The molecule has 2 heteroatoms. The van der Waals surface area contributed by atoms with Gasteiger partial charge in [-0.15, -0.1) is 0 Å². The monoisotopic (exact) mass is 230 g/mol. The van der Waals surface area contributed by atoms with Crippen molar-refractivity contribution < 1.29 is 9.47 Å². The summed E-state index contributed by atoms with van der Waals surface area (Å²) in [4.78, 5) is 0. The van der Waals surface area contributed by atoms with Crippen LogP contribution >= 0.6 is 0 Å². The average Bonchev–Trinajstić information content (AvgIpc) is 2.35. The molecule has 1 aliphatic carbocycles. The quantitative estimate of drug-likeness (QED) is 0.644. The van der Waals surface area contributed by atoms with Crippen LogP contribution in [0.1, 0.15) is 52.4 Å². The van der Waals surface area contributed by atoms with Gasteiger partial charge in [0.1, 0.15) is 0 Å². The lowest BCUT2D eigenvalue weighted by Gasteiger charge is -2.27. The lowest BCUT2D eigenvalue weighted by atomic mass is 9.80. The third-order valence-electron chi connectivity index (χ3n) is 3.33. The number of methoxy groups -OCH3 is 2. The number of hydrogen-bond acceptors (Lipinski definition) is 2. The first kappa shape index (κ1) is 15.9. The molecule has 0 radical (unpaired) electrons. The van der Waals surface area contributed by atoms with E-state index in [2.05, 4.69) is 0 Å². The van der Waals surface area contributed by atoms with Gasteiger partial charge >= 0.3 is 0 Å². The van der Waals surface area contributed by atoms with Crippen molar-refractivity contribution in [2.45, 2.75) is 52.4 Å². The van der Waals surface area contributed by atoms with Crippen LogP contribution in [0, 0.1) is 11.8 Å². The van der Waals surface area contributed by atoms with Crippen molar-refractivity contribution in [1.82, 2.24) is 0 Å². The van der Waals surface area contributed by atoms with E-state index in [9.17, 15) is 0 Å². The Balaban J connectivity index is 0.00000106. The third-order valence-corrected chi connectivity index (χ3v) is 3.33. The summed E-state index contributed by atoms with van der Waals surface area (Å²) >= 11 is 0. The zero-order valence-corrected chi connectivity index (χ0v) is 11.6. The molecule has 0 aromatic carbocycles. The van der Waals surface area contributed by atoms with Crippen molar-refractivity contribution in [3.05, 3.63) is 0 Å². The van der Waals surface area contributed by atoms with Crippen LogP contribution in [-0.4, -0.2) is 27.4 Å². The molecule has 0 aliphatic heterocycles. The molecular weight excluding hydrogens is 200 g/mol. The molecule has 0 aromatic heterocycles. The predicted molar refractivity (Wildman–Crippen MR) is 69.8 cm³/mol. The fourth-order valence-corrected chi connectivity index (χ4v) is 2.44. The predicted octanol–water partition coefficient (Wildman–Crippen LogP) is 3.89. The maximum Gasteiger partial charge on any atom is 0.0490 e. The van der Waals surface area contributed by atoms with Crippen LogP contribution in [-0.2, 0) is 9.47 Å². The maximum absolute atomic E-state index is 5.20. The van der Waals surface area contributed by atoms with E-state index in [0.717, 1.165) is 25.0 Å². The van der Waals surface area contributed by atoms with Gasteiger partial charge in [0.05, 0.1) is 0 Å². The van der Waals surface area contributed by atoms with Crippen molar-refractivity contribution in [2.75, 3.05) is 27.4 Å². The molecule has 0 heterocycles. The molecule has 2 nitrogen and oxygen atoms in total. The Labute approximate surface area is 102 Å². The fourth-order valence-electron chi connectivity index (χ4n) is 2.44. The molecule has 1 aliphatic rings.